The lowest BCUT2D eigenvalue weighted by molar-refractivity contribution is 0.116. The first-order valence-electron chi connectivity index (χ1n) is 10.7. The average molecular weight is 407 g/mol. The molecule has 0 fully saturated rings. The van der Waals surface area contributed by atoms with Crippen LogP contribution in [0.3, 0.4) is 0 Å². The molecule has 2 aromatic rings. The highest BCUT2D eigenvalue weighted by molar-refractivity contribution is 5.55. The summed E-state index contributed by atoms with van der Waals surface area (Å²) in [5.41, 5.74) is 0.940. The van der Waals surface area contributed by atoms with E-state index in [-0.39, 0.29) is 0 Å². The number of unbranched alkanes of at least 4 members (excludes halogenated alkanes) is 6. The van der Waals surface area contributed by atoms with Crippen molar-refractivity contribution < 1.29 is 14.2 Å². The van der Waals surface area contributed by atoms with Crippen molar-refractivity contribution in [1.82, 2.24) is 20.2 Å². The second kappa shape index (κ2) is 11.9. The topological polar surface area (TPSA) is 73.1 Å². The van der Waals surface area contributed by atoms with Gasteiger partial charge in [-0.05, 0) is 41.7 Å². The van der Waals surface area contributed by atoms with Gasteiger partial charge < -0.3 is 9.84 Å². The number of aromatic nitrogens is 4. The van der Waals surface area contributed by atoms with Gasteiger partial charge in [-0.25, -0.2) is 4.39 Å². The minimum Gasteiger partial charge on any atom is -0.505 e. The van der Waals surface area contributed by atoms with Crippen LogP contribution in [0.2, 0.25) is 0 Å². The third-order valence-corrected chi connectivity index (χ3v) is 4.81. The molecule has 1 heterocycles. The molecule has 0 aliphatic carbocycles. The zero-order chi connectivity index (χ0) is 21.1. The molecule has 1 aromatic heterocycles. The van der Waals surface area contributed by atoms with Crippen molar-refractivity contribution in [3.63, 3.8) is 0 Å². The number of aromatic hydroxyl groups is 1. The molecule has 2 rings (SSSR count). The van der Waals surface area contributed by atoms with Gasteiger partial charge in [0, 0.05) is 12.2 Å². The van der Waals surface area contributed by atoms with Crippen LogP contribution in [0.5, 0.6) is 5.75 Å². The van der Waals surface area contributed by atoms with Gasteiger partial charge in [-0.1, -0.05) is 59.3 Å². The zero-order valence-electron chi connectivity index (χ0n) is 18.0. The van der Waals surface area contributed by atoms with Gasteiger partial charge in [-0.15, -0.1) is 10.2 Å². The third-order valence-electron chi connectivity index (χ3n) is 4.81. The van der Waals surface area contributed by atoms with Gasteiger partial charge in [-0.2, -0.15) is 4.80 Å². The van der Waals surface area contributed by atoms with E-state index in [4.69, 9.17) is 4.74 Å². The molecular formula is C22H35FN4O2. The van der Waals surface area contributed by atoms with Crippen molar-refractivity contribution in [3.05, 3.63) is 24.0 Å². The third kappa shape index (κ3) is 9.35. The van der Waals surface area contributed by atoms with Crippen molar-refractivity contribution in [3.8, 4) is 17.1 Å². The van der Waals surface area contributed by atoms with Gasteiger partial charge >= 0.3 is 0 Å². The Bertz CT molecular complexity index is 728. The predicted molar refractivity (Wildman–Crippen MR) is 112 cm³/mol. The fourth-order valence-corrected chi connectivity index (χ4v) is 3.09. The largest absolute Gasteiger partial charge is 0.505 e. The highest BCUT2D eigenvalue weighted by Gasteiger charge is 2.10. The summed E-state index contributed by atoms with van der Waals surface area (Å²) in [5, 5.41) is 21.3. The molecule has 0 atom stereocenters. The van der Waals surface area contributed by atoms with Crippen LogP contribution in [0.4, 0.5) is 4.39 Å². The number of nitrogens with zero attached hydrogens (tertiary/aromatic N) is 4. The number of phenols is 1. The molecule has 0 unspecified atom stereocenters. The number of hydrogen-bond acceptors (Lipinski definition) is 5. The molecule has 0 amide bonds. The molecule has 0 radical (unpaired) electrons. The maximum Gasteiger partial charge on any atom is 0.205 e. The molecule has 6 nitrogen and oxygen atoms in total. The standard InChI is InChI=1S/C22H35FN4O2/c1-22(2,3)13-9-7-5-4-6-8-10-15-29-16-14-27-25-21(24-26-27)18-11-12-20(28)19(23)17-18/h11-12,17,28H,4-10,13-16H2,1-3H3. The molecule has 0 bridgehead atoms. The first-order chi connectivity index (χ1) is 13.8. The Labute approximate surface area is 173 Å². The van der Waals surface area contributed by atoms with Gasteiger partial charge in [0.15, 0.2) is 11.6 Å². The minimum atomic E-state index is -0.702. The maximum atomic E-state index is 13.4. The highest BCUT2D eigenvalue weighted by Crippen LogP contribution is 2.23. The van der Waals surface area contributed by atoms with Crippen molar-refractivity contribution >= 4 is 0 Å². The number of ether oxygens (including phenoxy) is 1. The second-order valence-electron chi connectivity index (χ2n) is 8.77. The molecule has 29 heavy (non-hydrogen) atoms. The Hall–Kier alpha value is -2.02. The van der Waals surface area contributed by atoms with Crippen molar-refractivity contribution in [1.29, 1.82) is 0 Å². The number of rotatable bonds is 13. The van der Waals surface area contributed by atoms with Gasteiger partial charge in [0.25, 0.3) is 0 Å². The number of tetrazole rings is 1. The van der Waals surface area contributed by atoms with Crippen LogP contribution >= 0.6 is 0 Å². The van der Waals surface area contributed by atoms with Crippen LogP contribution in [0, 0.1) is 11.2 Å². The fraction of sp³-hybridized carbons (Fsp3) is 0.682. The summed E-state index contributed by atoms with van der Waals surface area (Å²) in [6.07, 6.45) is 10.2. The summed E-state index contributed by atoms with van der Waals surface area (Å²) in [6, 6.07) is 4.03. The van der Waals surface area contributed by atoms with E-state index in [0.717, 1.165) is 13.0 Å². The van der Waals surface area contributed by atoms with Gasteiger partial charge in [-0.3, -0.25) is 0 Å². The quantitative estimate of drug-likeness (QED) is 0.453. The number of hydrogen-bond donors (Lipinski definition) is 1. The number of phenolic OH excluding ortho intramolecular Hbond substituents is 1. The van der Waals surface area contributed by atoms with Crippen LogP contribution in [-0.4, -0.2) is 38.5 Å². The second-order valence-corrected chi connectivity index (χ2v) is 8.77. The van der Waals surface area contributed by atoms with E-state index < -0.39 is 11.6 Å². The lowest BCUT2D eigenvalue weighted by Gasteiger charge is -2.17. The molecule has 0 saturated heterocycles. The van der Waals surface area contributed by atoms with Crippen LogP contribution in [0.25, 0.3) is 11.4 Å². The van der Waals surface area contributed by atoms with Gasteiger partial charge in [0.2, 0.25) is 5.82 Å². The van der Waals surface area contributed by atoms with Crippen molar-refractivity contribution in [2.45, 2.75) is 78.7 Å². The SMILES string of the molecule is CC(C)(C)CCCCCCCCCOCCn1nnc(-c2ccc(O)c(F)c2)n1. The first-order valence-corrected chi connectivity index (χ1v) is 10.7. The summed E-state index contributed by atoms with van der Waals surface area (Å²) < 4.78 is 19.1. The van der Waals surface area contributed by atoms with Crippen molar-refractivity contribution in [2.75, 3.05) is 13.2 Å². The normalized spacial score (nSPS) is 11.9. The molecule has 0 saturated carbocycles. The summed E-state index contributed by atoms with van der Waals surface area (Å²) in [5.74, 6) is -0.770. The van der Waals surface area contributed by atoms with Gasteiger partial charge in [0.1, 0.15) is 0 Å². The minimum absolute atomic E-state index is 0.325. The van der Waals surface area contributed by atoms with E-state index in [1.165, 1.54) is 61.9 Å². The van der Waals surface area contributed by atoms with E-state index in [0.29, 0.717) is 30.0 Å². The molecular weight excluding hydrogens is 371 g/mol. The molecule has 1 aromatic carbocycles. The van der Waals surface area contributed by atoms with Crippen LogP contribution < -0.4 is 0 Å². The van der Waals surface area contributed by atoms with E-state index in [1.807, 2.05) is 0 Å². The molecule has 7 heteroatoms. The Kier molecular flexibility index (Phi) is 9.51. The average Bonchev–Trinajstić information content (AvgIpc) is 3.13. The molecule has 1 N–H and O–H groups in total. The Morgan fingerprint density at radius 2 is 1.69 bits per heavy atom. The predicted octanol–water partition coefficient (Wildman–Crippen LogP) is 5.37. The van der Waals surface area contributed by atoms with Crippen LogP contribution in [0.15, 0.2) is 18.2 Å². The molecule has 162 valence electrons. The molecule has 0 aliphatic rings. The number of benzene rings is 1. The van der Waals surface area contributed by atoms with Crippen LogP contribution in [-0.2, 0) is 11.3 Å². The summed E-state index contributed by atoms with van der Waals surface area (Å²) in [7, 11) is 0. The van der Waals surface area contributed by atoms with Crippen molar-refractivity contribution in [2.24, 2.45) is 5.41 Å². The van der Waals surface area contributed by atoms with Crippen LogP contribution in [0.1, 0.15) is 72.1 Å². The monoisotopic (exact) mass is 406 g/mol. The highest BCUT2D eigenvalue weighted by atomic mass is 19.1. The summed E-state index contributed by atoms with van der Waals surface area (Å²) >= 11 is 0. The van der Waals surface area contributed by atoms with Gasteiger partial charge in [0.05, 0.1) is 13.2 Å². The fourth-order valence-electron chi connectivity index (χ4n) is 3.09. The Balaban J connectivity index is 1.49. The number of halogens is 1. The maximum absolute atomic E-state index is 13.4. The lowest BCUT2D eigenvalue weighted by atomic mass is 9.89. The molecule has 0 aliphatic heterocycles. The Morgan fingerprint density at radius 1 is 1.00 bits per heavy atom. The smallest absolute Gasteiger partial charge is 0.205 e. The summed E-state index contributed by atoms with van der Waals surface area (Å²) in [6.45, 7) is 8.69. The van der Waals surface area contributed by atoms with E-state index in [2.05, 4.69) is 36.2 Å². The lowest BCUT2D eigenvalue weighted by Crippen LogP contribution is -2.09. The zero-order valence-corrected chi connectivity index (χ0v) is 18.0. The van der Waals surface area contributed by atoms with E-state index in [9.17, 15) is 9.50 Å². The van der Waals surface area contributed by atoms with E-state index >= 15 is 0 Å². The Morgan fingerprint density at radius 3 is 2.38 bits per heavy atom. The first kappa shape index (κ1) is 23.3. The van der Waals surface area contributed by atoms with E-state index in [1.54, 1.807) is 6.07 Å². The summed E-state index contributed by atoms with van der Waals surface area (Å²) in [4.78, 5) is 1.44. The molecule has 0 spiro atoms.